The molecule has 2 aromatic carbocycles. The number of rotatable bonds is 1. The maximum absolute atomic E-state index is 14.6. The lowest BCUT2D eigenvalue weighted by molar-refractivity contribution is -0.135. The first-order valence-electron chi connectivity index (χ1n) is 10.7. The van der Waals surface area contributed by atoms with E-state index < -0.39 is 35.0 Å². The third-order valence-corrected chi connectivity index (χ3v) is 7.79. The SMILES string of the molecule is Cc1ccc2c(c1C)NC(=O)[C@@]21[C@@H]2C(=O)N(c3ccccc3F)C(=O)[C@H]2[C@H]2CCCN21. The Kier molecular flexibility index (Phi) is 3.62. The van der Waals surface area contributed by atoms with Crippen molar-refractivity contribution in [2.24, 2.45) is 11.8 Å². The van der Waals surface area contributed by atoms with Crippen molar-refractivity contribution < 1.29 is 18.8 Å². The summed E-state index contributed by atoms with van der Waals surface area (Å²) in [5, 5.41) is 3.03. The molecule has 4 aliphatic heterocycles. The molecule has 6 nitrogen and oxygen atoms in total. The van der Waals surface area contributed by atoms with Crippen LogP contribution in [0.2, 0.25) is 0 Å². The summed E-state index contributed by atoms with van der Waals surface area (Å²) in [6.07, 6.45) is 1.59. The molecule has 1 spiro atoms. The zero-order valence-corrected chi connectivity index (χ0v) is 17.3. The average molecular weight is 419 g/mol. The zero-order valence-electron chi connectivity index (χ0n) is 17.3. The summed E-state index contributed by atoms with van der Waals surface area (Å²) in [5.41, 5.74) is 2.24. The van der Waals surface area contributed by atoms with E-state index in [9.17, 15) is 18.8 Å². The smallest absolute Gasteiger partial charge is 0.250 e. The van der Waals surface area contributed by atoms with Gasteiger partial charge in [0.05, 0.1) is 17.5 Å². The van der Waals surface area contributed by atoms with Gasteiger partial charge in [0.25, 0.3) is 0 Å². The molecule has 7 heteroatoms. The molecule has 1 N–H and O–H groups in total. The van der Waals surface area contributed by atoms with Crippen LogP contribution in [0.3, 0.4) is 0 Å². The molecule has 4 aliphatic rings. The second-order valence-electron chi connectivity index (χ2n) is 9.02. The second-order valence-corrected chi connectivity index (χ2v) is 9.02. The van der Waals surface area contributed by atoms with Crippen LogP contribution >= 0.6 is 0 Å². The van der Waals surface area contributed by atoms with Crippen LogP contribution in [0.15, 0.2) is 36.4 Å². The lowest BCUT2D eigenvalue weighted by Gasteiger charge is -2.36. The molecule has 4 atom stereocenters. The van der Waals surface area contributed by atoms with Gasteiger partial charge in [-0.05, 0) is 56.5 Å². The van der Waals surface area contributed by atoms with Crippen LogP contribution in [0.5, 0.6) is 0 Å². The topological polar surface area (TPSA) is 69.7 Å². The highest BCUT2D eigenvalue weighted by atomic mass is 19.1. The highest BCUT2D eigenvalue weighted by molar-refractivity contribution is 6.26. The number of hydrogen-bond donors (Lipinski definition) is 1. The number of anilines is 2. The molecular formula is C24H22FN3O3. The minimum atomic E-state index is -1.23. The van der Waals surface area contributed by atoms with Crippen LogP contribution in [0.25, 0.3) is 0 Å². The molecule has 3 amide bonds. The van der Waals surface area contributed by atoms with Crippen molar-refractivity contribution in [3.63, 3.8) is 0 Å². The van der Waals surface area contributed by atoms with Gasteiger partial charge in [0.15, 0.2) is 0 Å². The summed E-state index contributed by atoms with van der Waals surface area (Å²) in [6.45, 7) is 4.58. The normalized spacial score (nSPS) is 31.4. The first-order chi connectivity index (χ1) is 14.9. The quantitative estimate of drug-likeness (QED) is 0.722. The molecule has 0 aliphatic carbocycles. The molecule has 0 unspecified atom stereocenters. The van der Waals surface area contributed by atoms with Crippen LogP contribution in [-0.2, 0) is 19.9 Å². The number of para-hydroxylation sites is 1. The number of hydrogen-bond acceptors (Lipinski definition) is 4. The van der Waals surface area contributed by atoms with Gasteiger partial charge >= 0.3 is 0 Å². The lowest BCUT2D eigenvalue weighted by atomic mass is 9.75. The largest absolute Gasteiger partial charge is 0.324 e. The Labute approximate surface area is 179 Å². The van der Waals surface area contributed by atoms with Crippen LogP contribution in [-0.4, -0.2) is 35.2 Å². The Morgan fingerprint density at radius 2 is 1.84 bits per heavy atom. The Hall–Kier alpha value is -3.06. The van der Waals surface area contributed by atoms with Gasteiger partial charge in [0, 0.05) is 17.3 Å². The number of aryl methyl sites for hydroxylation is 1. The zero-order chi connectivity index (χ0) is 21.7. The van der Waals surface area contributed by atoms with Crippen molar-refractivity contribution in [3.8, 4) is 0 Å². The number of carbonyl (C=O) groups is 3. The number of nitrogens with one attached hydrogen (secondary N) is 1. The molecule has 3 fully saturated rings. The van der Waals surface area contributed by atoms with Gasteiger partial charge in [-0.15, -0.1) is 0 Å². The molecule has 0 radical (unpaired) electrons. The van der Waals surface area contributed by atoms with Crippen LogP contribution < -0.4 is 10.2 Å². The highest BCUT2D eigenvalue weighted by Gasteiger charge is 2.74. The number of amides is 3. The molecule has 31 heavy (non-hydrogen) atoms. The third kappa shape index (κ3) is 2.03. The first kappa shape index (κ1) is 18.7. The molecule has 0 saturated carbocycles. The van der Waals surface area contributed by atoms with Crippen molar-refractivity contribution in [1.82, 2.24) is 4.90 Å². The standard InChI is InChI=1S/C24H22FN3O3/c1-12-9-10-14-20(13(12)2)26-23(31)24(14)19-18(17-8-5-11-27(17)24)21(29)28(22(19)30)16-7-4-3-6-15(16)25/h3-4,6-7,9-10,17-19H,5,8,11H2,1-2H3,(H,26,31)/t17-,18+,19+,24+/m1/s1. The van der Waals surface area contributed by atoms with Gasteiger partial charge in [-0.1, -0.05) is 24.3 Å². The summed E-state index contributed by atoms with van der Waals surface area (Å²) in [6, 6.07) is 9.48. The minimum Gasteiger partial charge on any atom is -0.324 e. The molecular weight excluding hydrogens is 397 g/mol. The number of halogens is 1. The predicted octanol–water partition coefficient (Wildman–Crippen LogP) is 2.87. The van der Waals surface area contributed by atoms with Crippen molar-refractivity contribution in [2.75, 3.05) is 16.8 Å². The monoisotopic (exact) mass is 419 g/mol. The maximum Gasteiger partial charge on any atom is 0.250 e. The Morgan fingerprint density at radius 3 is 2.61 bits per heavy atom. The second kappa shape index (κ2) is 6.01. The van der Waals surface area contributed by atoms with E-state index in [-0.39, 0.29) is 17.6 Å². The van der Waals surface area contributed by atoms with Crippen LogP contribution in [0.4, 0.5) is 15.8 Å². The maximum atomic E-state index is 14.6. The summed E-state index contributed by atoms with van der Waals surface area (Å²) >= 11 is 0. The fourth-order valence-electron chi connectivity index (χ4n) is 6.39. The fourth-order valence-corrected chi connectivity index (χ4v) is 6.39. The van der Waals surface area contributed by atoms with Crippen LogP contribution in [0, 0.1) is 31.5 Å². The fraction of sp³-hybridized carbons (Fsp3) is 0.375. The molecule has 0 bridgehead atoms. The van der Waals surface area contributed by atoms with Gasteiger partial charge in [0.2, 0.25) is 17.7 Å². The predicted molar refractivity (Wildman–Crippen MR) is 112 cm³/mol. The van der Waals surface area contributed by atoms with E-state index >= 15 is 0 Å². The number of fused-ring (bicyclic) bond motifs is 7. The van der Waals surface area contributed by atoms with E-state index in [1.54, 1.807) is 6.07 Å². The van der Waals surface area contributed by atoms with Gasteiger partial charge in [-0.25, -0.2) is 9.29 Å². The summed E-state index contributed by atoms with van der Waals surface area (Å²) < 4.78 is 14.6. The van der Waals surface area contributed by atoms with Gasteiger partial charge in [-0.3, -0.25) is 19.3 Å². The number of carbonyl (C=O) groups excluding carboxylic acids is 3. The molecule has 3 saturated heterocycles. The van der Waals surface area contributed by atoms with E-state index in [1.165, 1.54) is 18.2 Å². The van der Waals surface area contributed by atoms with Crippen LogP contribution in [0.1, 0.15) is 29.5 Å². The number of nitrogens with zero attached hydrogens (tertiary/aromatic N) is 2. The van der Waals surface area contributed by atoms with E-state index in [4.69, 9.17) is 0 Å². The van der Waals surface area contributed by atoms with E-state index in [0.29, 0.717) is 6.54 Å². The minimum absolute atomic E-state index is 0.0367. The van der Waals surface area contributed by atoms with Gasteiger partial charge in [-0.2, -0.15) is 0 Å². The molecule has 4 heterocycles. The summed E-state index contributed by atoms with van der Waals surface area (Å²) in [4.78, 5) is 44.0. The van der Waals surface area contributed by atoms with Crippen molar-refractivity contribution in [1.29, 1.82) is 0 Å². The van der Waals surface area contributed by atoms with E-state index in [2.05, 4.69) is 10.2 Å². The molecule has 2 aromatic rings. The third-order valence-electron chi connectivity index (χ3n) is 7.79. The first-order valence-corrected chi connectivity index (χ1v) is 10.7. The van der Waals surface area contributed by atoms with E-state index in [1.807, 2.05) is 26.0 Å². The average Bonchev–Trinajstić information content (AvgIpc) is 3.45. The lowest BCUT2D eigenvalue weighted by Crippen LogP contribution is -2.54. The number of imide groups is 1. The molecule has 158 valence electrons. The van der Waals surface area contributed by atoms with E-state index in [0.717, 1.165) is 40.1 Å². The van der Waals surface area contributed by atoms with Gasteiger partial charge < -0.3 is 5.32 Å². The van der Waals surface area contributed by atoms with Crippen molar-refractivity contribution >= 4 is 29.1 Å². The Morgan fingerprint density at radius 1 is 1.06 bits per heavy atom. The molecule has 0 aromatic heterocycles. The Balaban J connectivity index is 1.59. The number of benzene rings is 2. The van der Waals surface area contributed by atoms with Gasteiger partial charge in [0.1, 0.15) is 11.4 Å². The van der Waals surface area contributed by atoms with Crippen molar-refractivity contribution in [2.45, 2.75) is 38.3 Å². The summed E-state index contributed by atoms with van der Waals surface area (Å²) in [5.74, 6) is -3.30. The highest BCUT2D eigenvalue weighted by Crippen LogP contribution is 2.61. The summed E-state index contributed by atoms with van der Waals surface area (Å²) in [7, 11) is 0. The van der Waals surface area contributed by atoms with Crippen molar-refractivity contribution in [3.05, 3.63) is 58.9 Å². The molecule has 6 rings (SSSR count). The Bertz CT molecular complexity index is 1190.